The topological polar surface area (TPSA) is 77.5 Å². The van der Waals surface area contributed by atoms with Crippen LogP contribution in [-0.2, 0) is 11.2 Å². The Balaban J connectivity index is 1.54. The molecular weight excluding hydrogens is 364 g/mol. The van der Waals surface area contributed by atoms with Crippen LogP contribution in [0, 0.1) is 5.92 Å². The van der Waals surface area contributed by atoms with Crippen LogP contribution < -0.4 is 14.8 Å². The highest BCUT2D eigenvalue weighted by Gasteiger charge is 2.37. The van der Waals surface area contributed by atoms with Gasteiger partial charge in [0.25, 0.3) is 0 Å². The number of ketones is 1. The van der Waals surface area contributed by atoms with E-state index in [1.165, 1.54) is 24.5 Å². The Morgan fingerprint density at radius 3 is 2.78 bits per heavy atom. The molecule has 0 atom stereocenters. The van der Waals surface area contributed by atoms with Crippen molar-refractivity contribution in [1.82, 2.24) is 4.98 Å². The summed E-state index contributed by atoms with van der Waals surface area (Å²) in [7, 11) is 1.61. The molecule has 1 heterocycles. The number of hydrogen-bond acceptors (Lipinski definition) is 6. The second-order valence-corrected chi connectivity index (χ2v) is 7.49. The minimum atomic E-state index is -0.123. The number of carbonyl (C=O) groups excluding carboxylic acids is 2. The van der Waals surface area contributed by atoms with Gasteiger partial charge in [-0.3, -0.25) is 9.59 Å². The van der Waals surface area contributed by atoms with Crippen molar-refractivity contribution in [3.63, 3.8) is 0 Å². The van der Waals surface area contributed by atoms with Crippen LogP contribution in [-0.4, -0.2) is 29.9 Å². The van der Waals surface area contributed by atoms with Gasteiger partial charge < -0.3 is 14.8 Å². The zero-order valence-corrected chi connectivity index (χ0v) is 16.2. The van der Waals surface area contributed by atoms with E-state index < -0.39 is 0 Å². The average Bonchev–Trinajstić information content (AvgIpc) is 3.07. The molecule has 2 aromatic rings. The zero-order valence-electron chi connectivity index (χ0n) is 15.4. The number of anilines is 1. The van der Waals surface area contributed by atoms with E-state index in [2.05, 4.69) is 16.9 Å². The molecule has 1 fully saturated rings. The van der Waals surface area contributed by atoms with Crippen molar-refractivity contribution in [1.29, 1.82) is 0 Å². The van der Waals surface area contributed by atoms with Gasteiger partial charge in [0.15, 0.2) is 22.4 Å². The molecule has 142 valence electrons. The van der Waals surface area contributed by atoms with Crippen molar-refractivity contribution >= 4 is 28.2 Å². The monoisotopic (exact) mass is 386 g/mol. The normalized spacial score (nSPS) is 18.3. The summed E-state index contributed by atoms with van der Waals surface area (Å²) in [6, 6.07) is 5.81. The van der Waals surface area contributed by atoms with Crippen molar-refractivity contribution in [2.75, 3.05) is 12.4 Å². The molecule has 27 heavy (non-hydrogen) atoms. The number of allylic oxidation sites excluding steroid dienone is 1. The molecular formula is C20H22N2O4S. The van der Waals surface area contributed by atoms with Gasteiger partial charge >= 0.3 is 0 Å². The number of amides is 1. The maximum atomic E-state index is 12.3. The van der Waals surface area contributed by atoms with Crippen molar-refractivity contribution in [3.8, 4) is 11.5 Å². The Morgan fingerprint density at radius 2 is 2.15 bits per heavy atom. The lowest BCUT2D eigenvalue weighted by Gasteiger charge is -2.34. The highest BCUT2D eigenvalue weighted by molar-refractivity contribution is 7.17. The van der Waals surface area contributed by atoms with E-state index >= 15 is 0 Å². The Kier molecular flexibility index (Phi) is 5.91. The summed E-state index contributed by atoms with van der Waals surface area (Å²) in [6.07, 6.45) is 5.31. The fraction of sp³-hybridized carbons (Fsp3) is 0.350. The van der Waals surface area contributed by atoms with Crippen LogP contribution in [0.1, 0.15) is 35.0 Å². The molecule has 3 rings (SSSR count). The second-order valence-electron chi connectivity index (χ2n) is 6.46. The van der Waals surface area contributed by atoms with Crippen LogP contribution in [0.15, 0.2) is 37.1 Å². The second kappa shape index (κ2) is 8.35. The number of Topliss-reactive ketones (excluding diaryl/α,β-unsaturated/α-hetero) is 1. The first-order valence-electron chi connectivity index (χ1n) is 8.72. The predicted octanol–water partition coefficient (Wildman–Crippen LogP) is 3.88. The van der Waals surface area contributed by atoms with E-state index in [-0.39, 0.29) is 23.7 Å². The highest BCUT2D eigenvalue weighted by Crippen LogP contribution is 2.36. The Hall–Kier alpha value is -2.67. The summed E-state index contributed by atoms with van der Waals surface area (Å²) >= 11 is 1.19. The van der Waals surface area contributed by atoms with Crippen molar-refractivity contribution < 1.29 is 19.1 Å². The van der Waals surface area contributed by atoms with Crippen molar-refractivity contribution in [2.45, 2.75) is 32.3 Å². The number of aromatic nitrogens is 1. The fourth-order valence-corrected chi connectivity index (χ4v) is 3.58. The van der Waals surface area contributed by atoms with Gasteiger partial charge in [0, 0.05) is 12.8 Å². The van der Waals surface area contributed by atoms with Gasteiger partial charge in [-0.25, -0.2) is 4.98 Å². The summed E-state index contributed by atoms with van der Waals surface area (Å²) in [5, 5.41) is 3.23. The minimum Gasteiger partial charge on any atom is -0.493 e. The molecule has 0 aliphatic heterocycles. The predicted molar refractivity (Wildman–Crippen MR) is 105 cm³/mol. The molecule has 0 saturated heterocycles. The molecule has 1 aliphatic rings. The molecule has 1 saturated carbocycles. The number of methoxy groups -OCH3 is 1. The maximum Gasteiger partial charge on any atom is 0.229 e. The standard InChI is InChI=1S/C20H22N2O4S/c1-4-5-13-6-7-16(25-3)17(8-13)26-15-9-14(10-15)19(24)22-20-21-11-18(27-20)12(2)23/h4,6-8,11,14-15H,1,5,9-10H2,2-3H3,(H,21,22,24). The number of nitrogens with one attached hydrogen (secondary N) is 1. The van der Waals surface area contributed by atoms with Crippen LogP contribution in [0.25, 0.3) is 0 Å². The number of ether oxygens (including phenoxy) is 2. The van der Waals surface area contributed by atoms with Crippen LogP contribution in [0.5, 0.6) is 11.5 Å². The van der Waals surface area contributed by atoms with Gasteiger partial charge in [-0.15, -0.1) is 6.58 Å². The van der Waals surface area contributed by atoms with Gasteiger partial charge in [0.1, 0.15) is 6.10 Å². The van der Waals surface area contributed by atoms with E-state index in [4.69, 9.17) is 9.47 Å². The van der Waals surface area contributed by atoms with E-state index in [0.29, 0.717) is 34.3 Å². The van der Waals surface area contributed by atoms with Gasteiger partial charge in [-0.2, -0.15) is 0 Å². The first kappa shape index (κ1) is 19.1. The number of thiazole rings is 1. The maximum absolute atomic E-state index is 12.3. The van der Waals surface area contributed by atoms with Crippen LogP contribution >= 0.6 is 11.3 Å². The van der Waals surface area contributed by atoms with Crippen molar-refractivity contribution in [3.05, 3.63) is 47.5 Å². The number of carbonyl (C=O) groups is 2. The molecule has 1 aliphatic carbocycles. The third-order valence-corrected chi connectivity index (χ3v) is 5.46. The van der Waals surface area contributed by atoms with Crippen LogP contribution in [0.3, 0.4) is 0 Å². The minimum absolute atomic E-state index is 0.0299. The van der Waals surface area contributed by atoms with Crippen LogP contribution in [0.2, 0.25) is 0 Å². The zero-order chi connectivity index (χ0) is 19.4. The summed E-state index contributed by atoms with van der Waals surface area (Å²) in [6.45, 7) is 5.23. The Labute approximate surface area is 162 Å². The summed E-state index contributed by atoms with van der Waals surface area (Å²) in [4.78, 5) is 28.2. The molecule has 0 radical (unpaired) electrons. The summed E-state index contributed by atoms with van der Waals surface area (Å²) in [5.41, 5.74) is 1.10. The molecule has 6 nitrogen and oxygen atoms in total. The third kappa shape index (κ3) is 4.54. The highest BCUT2D eigenvalue weighted by atomic mass is 32.1. The van der Waals surface area contributed by atoms with Gasteiger partial charge in [0.05, 0.1) is 18.2 Å². The Morgan fingerprint density at radius 1 is 1.37 bits per heavy atom. The lowest BCUT2D eigenvalue weighted by atomic mass is 9.81. The summed E-state index contributed by atoms with van der Waals surface area (Å²) in [5.74, 6) is 1.09. The molecule has 7 heteroatoms. The van der Waals surface area contributed by atoms with E-state index in [1.54, 1.807) is 7.11 Å². The molecule has 1 aromatic carbocycles. The van der Waals surface area contributed by atoms with E-state index in [9.17, 15) is 9.59 Å². The average molecular weight is 386 g/mol. The smallest absolute Gasteiger partial charge is 0.229 e. The van der Waals surface area contributed by atoms with Gasteiger partial charge in [-0.1, -0.05) is 23.5 Å². The Bertz CT molecular complexity index is 855. The molecule has 0 bridgehead atoms. The van der Waals surface area contributed by atoms with Gasteiger partial charge in [0.2, 0.25) is 5.91 Å². The molecule has 1 amide bonds. The molecule has 0 spiro atoms. The fourth-order valence-electron chi connectivity index (χ4n) is 2.86. The quantitative estimate of drug-likeness (QED) is 0.550. The first-order valence-corrected chi connectivity index (χ1v) is 9.54. The van der Waals surface area contributed by atoms with Crippen LogP contribution in [0.4, 0.5) is 5.13 Å². The molecule has 1 aromatic heterocycles. The number of rotatable bonds is 8. The SMILES string of the molecule is C=CCc1ccc(OC)c(OC2CC(C(=O)Nc3ncc(C(C)=O)s3)C2)c1. The largest absolute Gasteiger partial charge is 0.493 e. The van der Waals surface area contributed by atoms with Gasteiger partial charge in [-0.05, 0) is 37.0 Å². The van der Waals surface area contributed by atoms with E-state index in [0.717, 1.165) is 12.0 Å². The molecule has 1 N–H and O–H groups in total. The molecule has 0 unspecified atom stereocenters. The number of hydrogen-bond donors (Lipinski definition) is 1. The summed E-state index contributed by atoms with van der Waals surface area (Å²) < 4.78 is 11.4. The van der Waals surface area contributed by atoms with E-state index in [1.807, 2.05) is 24.3 Å². The third-order valence-electron chi connectivity index (χ3n) is 4.45. The lowest BCUT2D eigenvalue weighted by molar-refractivity contribution is -0.125. The van der Waals surface area contributed by atoms with Crippen molar-refractivity contribution in [2.24, 2.45) is 5.92 Å². The number of benzene rings is 1. The number of nitrogens with zero attached hydrogens (tertiary/aromatic N) is 1. The first-order chi connectivity index (χ1) is 13.0. The lowest BCUT2D eigenvalue weighted by Crippen LogP contribution is -2.40.